The maximum absolute atomic E-state index is 12.2. The van der Waals surface area contributed by atoms with Crippen molar-refractivity contribution in [2.24, 2.45) is 0 Å². The normalized spacial score (nSPS) is 10.3. The molecule has 0 unspecified atom stereocenters. The summed E-state index contributed by atoms with van der Waals surface area (Å²) in [6.07, 6.45) is 2.64. The van der Waals surface area contributed by atoms with E-state index >= 15 is 0 Å². The molecule has 0 aliphatic rings. The molecular weight excluding hydrogens is 294 g/mol. The fraction of sp³-hybridized carbons (Fsp3) is 0.294. The molecule has 0 radical (unpaired) electrons. The Hall–Kier alpha value is -2.76. The second-order valence-electron chi connectivity index (χ2n) is 5.35. The molecule has 1 aromatic heterocycles. The monoisotopic (exact) mass is 313 g/mol. The number of benzene rings is 1. The van der Waals surface area contributed by atoms with Gasteiger partial charge in [-0.2, -0.15) is 0 Å². The molecule has 0 saturated carbocycles. The summed E-state index contributed by atoms with van der Waals surface area (Å²) in [6, 6.07) is 8.34. The number of nitrogens with zero attached hydrogens (tertiary/aromatic N) is 3. The Morgan fingerprint density at radius 2 is 1.87 bits per heavy atom. The molecule has 6 heteroatoms. The first-order chi connectivity index (χ1) is 11.0. The van der Waals surface area contributed by atoms with Crippen molar-refractivity contribution in [3.63, 3.8) is 0 Å². The van der Waals surface area contributed by atoms with Crippen molar-refractivity contribution in [2.75, 3.05) is 7.05 Å². The largest absolute Gasteiger partial charge is 0.478 e. The standard InChI is InChI=1S/C17H19N3O3/c1-12-18-10-9-15(19-12)7-8-16(21)20(2)11-13-3-5-14(6-4-13)17(22)23/h3-6,9-10H,7-8,11H2,1-2H3,(H,22,23). The molecule has 23 heavy (non-hydrogen) atoms. The van der Waals surface area contributed by atoms with E-state index in [2.05, 4.69) is 9.97 Å². The Labute approximate surface area is 134 Å². The summed E-state index contributed by atoms with van der Waals surface area (Å²) in [4.78, 5) is 32.9. The van der Waals surface area contributed by atoms with Gasteiger partial charge in [0.2, 0.25) is 5.91 Å². The molecule has 0 atom stereocenters. The number of aromatic carboxylic acids is 1. The Morgan fingerprint density at radius 3 is 2.48 bits per heavy atom. The molecular formula is C17H19N3O3. The van der Waals surface area contributed by atoms with Crippen LogP contribution in [0.2, 0.25) is 0 Å². The molecule has 0 aliphatic carbocycles. The molecule has 0 aliphatic heterocycles. The molecule has 0 saturated heterocycles. The van der Waals surface area contributed by atoms with Crippen LogP contribution < -0.4 is 0 Å². The minimum Gasteiger partial charge on any atom is -0.478 e. The zero-order valence-corrected chi connectivity index (χ0v) is 13.2. The lowest BCUT2D eigenvalue weighted by molar-refractivity contribution is -0.130. The first-order valence-corrected chi connectivity index (χ1v) is 7.30. The van der Waals surface area contributed by atoms with E-state index in [0.29, 0.717) is 25.2 Å². The number of aromatic nitrogens is 2. The predicted molar refractivity (Wildman–Crippen MR) is 85.0 cm³/mol. The molecule has 0 spiro atoms. The second kappa shape index (κ2) is 7.49. The summed E-state index contributed by atoms with van der Waals surface area (Å²) in [5, 5.41) is 8.87. The first kappa shape index (κ1) is 16.6. The number of hydrogen-bond acceptors (Lipinski definition) is 4. The van der Waals surface area contributed by atoms with Gasteiger partial charge in [-0.1, -0.05) is 12.1 Å². The third-order valence-corrected chi connectivity index (χ3v) is 3.48. The van der Waals surface area contributed by atoms with Crippen LogP contribution in [0, 0.1) is 6.92 Å². The summed E-state index contributed by atoms with van der Waals surface area (Å²) in [5.74, 6) is -0.244. The zero-order valence-electron chi connectivity index (χ0n) is 13.2. The zero-order chi connectivity index (χ0) is 16.8. The van der Waals surface area contributed by atoms with Gasteiger partial charge in [0.25, 0.3) is 0 Å². The highest BCUT2D eigenvalue weighted by Crippen LogP contribution is 2.09. The number of amides is 1. The summed E-state index contributed by atoms with van der Waals surface area (Å²) < 4.78 is 0. The lowest BCUT2D eigenvalue weighted by atomic mass is 10.1. The van der Waals surface area contributed by atoms with E-state index < -0.39 is 5.97 Å². The molecule has 2 rings (SSSR count). The van der Waals surface area contributed by atoms with Crippen LogP contribution in [0.5, 0.6) is 0 Å². The number of carboxylic acids is 1. The fourth-order valence-electron chi connectivity index (χ4n) is 2.19. The van der Waals surface area contributed by atoms with Crippen molar-refractivity contribution >= 4 is 11.9 Å². The van der Waals surface area contributed by atoms with Gasteiger partial charge >= 0.3 is 5.97 Å². The van der Waals surface area contributed by atoms with Gasteiger partial charge in [-0.25, -0.2) is 14.8 Å². The molecule has 120 valence electrons. The van der Waals surface area contributed by atoms with Gasteiger partial charge < -0.3 is 10.0 Å². The molecule has 2 aromatic rings. The lowest BCUT2D eigenvalue weighted by Gasteiger charge is -2.17. The van der Waals surface area contributed by atoms with E-state index in [4.69, 9.17) is 5.11 Å². The SMILES string of the molecule is Cc1nccc(CCC(=O)N(C)Cc2ccc(C(=O)O)cc2)n1. The highest BCUT2D eigenvalue weighted by Gasteiger charge is 2.11. The van der Waals surface area contributed by atoms with E-state index in [1.807, 2.05) is 13.0 Å². The predicted octanol–water partition coefficient (Wildman–Crippen LogP) is 2.07. The van der Waals surface area contributed by atoms with Crippen LogP contribution in [0.4, 0.5) is 0 Å². The van der Waals surface area contributed by atoms with E-state index in [1.165, 1.54) is 0 Å². The lowest BCUT2D eigenvalue weighted by Crippen LogP contribution is -2.26. The van der Waals surface area contributed by atoms with Crippen LogP contribution in [0.25, 0.3) is 0 Å². The smallest absolute Gasteiger partial charge is 0.335 e. The number of hydrogen-bond donors (Lipinski definition) is 1. The first-order valence-electron chi connectivity index (χ1n) is 7.30. The van der Waals surface area contributed by atoms with E-state index in [9.17, 15) is 9.59 Å². The summed E-state index contributed by atoms with van der Waals surface area (Å²) in [7, 11) is 1.73. The van der Waals surface area contributed by atoms with E-state index in [0.717, 1.165) is 11.3 Å². The maximum atomic E-state index is 12.2. The third kappa shape index (κ3) is 4.88. The van der Waals surface area contributed by atoms with E-state index in [1.54, 1.807) is 42.4 Å². The van der Waals surface area contributed by atoms with Gasteiger partial charge in [0.05, 0.1) is 5.56 Å². The van der Waals surface area contributed by atoms with Gasteiger partial charge in [0.1, 0.15) is 5.82 Å². The second-order valence-corrected chi connectivity index (χ2v) is 5.35. The number of carboxylic acid groups (broad SMARTS) is 1. The Morgan fingerprint density at radius 1 is 1.17 bits per heavy atom. The quantitative estimate of drug-likeness (QED) is 0.882. The van der Waals surface area contributed by atoms with E-state index in [-0.39, 0.29) is 11.5 Å². The van der Waals surface area contributed by atoms with Crippen molar-refractivity contribution in [2.45, 2.75) is 26.3 Å². The Balaban J connectivity index is 1.88. The highest BCUT2D eigenvalue weighted by atomic mass is 16.4. The minimum atomic E-state index is -0.957. The van der Waals surface area contributed by atoms with Crippen molar-refractivity contribution in [1.82, 2.24) is 14.9 Å². The van der Waals surface area contributed by atoms with Crippen LogP contribution >= 0.6 is 0 Å². The Bertz CT molecular complexity index is 698. The van der Waals surface area contributed by atoms with Crippen molar-refractivity contribution in [3.05, 3.63) is 59.2 Å². The number of aryl methyl sites for hydroxylation is 2. The van der Waals surface area contributed by atoms with Crippen LogP contribution in [0.3, 0.4) is 0 Å². The van der Waals surface area contributed by atoms with Crippen LogP contribution in [-0.4, -0.2) is 38.9 Å². The number of carbonyl (C=O) groups is 2. The molecule has 1 aromatic carbocycles. The van der Waals surface area contributed by atoms with Gasteiger partial charge in [0, 0.05) is 31.9 Å². The molecule has 6 nitrogen and oxygen atoms in total. The number of rotatable bonds is 6. The maximum Gasteiger partial charge on any atom is 0.335 e. The highest BCUT2D eigenvalue weighted by molar-refractivity contribution is 5.87. The van der Waals surface area contributed by atoms with Crippen LogP contribution in [-0.2, 0) is 17.8 Å². The van der Waals surface area contributed by atoms with Gasteiger partial charge in [-0.05, 0) is 37.1 Å². The van der Waals surface area contributed by atoms with Gasteiger partial charge in [-0.3, -0.25) is 4.79 Å². The average molecular weight is 313 g/mol. The van der Waals surface area contributed by atoms with Gasteiger partial charge in [-0.15, -0.1) is 0 Å². The summed E-state index contributed by atoms with van der Waals surface area (Å²) >= 11 is 0. The average Bonchev–Trinajstić information content (AvgIpc) is 2.53. The summed E-state index contributed by atoms with van der Waals surface area (Å²) in [6.45, 7) is 2.26. The molecule has 1 N–H and O–H groups in total. The van der Waals surface area contributed by atoms with Crippen molar-refractivity contribution < 1.29 is 14.7 Å². The molecule has 1 heterocycles. The van der Waals surface area contributed by atoms with Crippen LogP contribution in [0.15, 0.2) is 36.5 Å². The topological polar surface area (TPSA) is 83.4 Å². The molecule has 1 amide bonds. The third-order valence-electron chi connectivity index (χ3n) is 3.48. The van der Waals surface area contributed by atoms with Crippen molar-refractivity contribution in [1.29, 1.82) is 0 Å². The van der Waals surface area contributed by atoms with Gasteiger partial charge in [0.15, 0.2) is 0 Å². The fourth-order valence-corrected chi connectivity index (χ4v) is 2.19. The number of carbonyl (C=O) groups excluding carboxylic acids is 1. The molecule has 0 bridgehead atoms. The van der Waals surface area contributed by atoms with Crippen molar-refractivity contribution in [3.8, 4) is 0 Å². The van der Waals surface area contributed by atoms with Crippen LogP contribution in [0.1, 0.15) is 33.9 Å². The summed E-state index contributed by atoms with van der Waals surface area (Å²) in [5.41, 5.74) is 1.98. The molecule has 0 fully saturated rings. The minimum absolute atomic E-state index is 0.0172. The Kier molecular flexibility index (Phi) is 5.41.